The molecule has 0 heterocycles. The number of methoxy groups -OCH3 is 1. The van der Waals surface area contributed by atoms with Crippen LogP contribution in [0.4, 0.5) is 0 Å². The summed E-state index contributed by atoms with van der Waals surface area (Å²) in [6.45, 7) is 5.85. The molecule has 1 aromatic carbocycles. The zero-order valence-corrected chi connectivity index (χ0v) is 12.5. The summed E-state index contributed by atoms with van der Waals surface area (Å²) in [5.74, 6) is 0.795. The van der Waals surface area contributed by atoms with Gasteiger partial charge in [-0.05, 0) is 42.3 Å². The van der Waals surface area contributed by atoms with E-state index in [9.17, 15) is 0 Å². The highest BCUT2D eigenvalue weighted by Gasteiger charge is 1.96. The third-order valence-electron chi connectivity index (χ3n) is 2.42. The van der Waals surface area contributed by atoms with Gasteiger partial charge in [-0.2, -0.15) is 0 Å². The Hall–Kier alpha value is -1.44. The molecule has 1 nitrogen and oxygen atoms in total. The average molecular weight is 295 g/mol. The first-order valence-corrected chi connectivity index (χ1v) is 6.53. The van der Waals surface area contributed by atoms with Crippen molar-refractivity contribution in [2.24, 2.45) is 0 Å². The molecule has 0 aliphatic heterocycles. The summed E-state index contributed by atoms with van der Waals surface area (Å²) in [6, 6.07) is 5.48. The van der Waals surface area contributed by atoms with Gasteiger partial charge in [0, 0.05) is 0 Å². The van der Waals surface area contributed by atoms with Gasteiger partial charge in [0.1, 0.15) is 5.76 Å². The summed E-state index contributed by atoms with van der Waals surface area (Å²) in [5, 5.41) is 1.09. The SMILES string of the molecule is C=C(/C=C\C(=C/C)OC)/C=C/c1ccc(Cl)c(Cl)c1. The second-order valence-corrected chi connectivity index (χ2v) is 4.62. The molecule has 100 valence electrons. The summed E-state index contributed by atoms with van der Waals surface area (Å²) < 4.78 is 5.12. The van der Waals surface area contributed by atoms with Gasteiger partial charge >= 0.3 is 0 Å². The van der Waals surface area contributed by atoms with Gasteiger partial charge in [0.05, 0.1) is 17.2 Å². The molecule has 0 radical (unpaired) electrons. The van der Waals surface area contributed by atoms with Crippen LogP contribution in [0.2, 0.25) is 10.0 Å². The number of halogens is 2. The average Bonchev–Trinajstić information content (AvgIpc) is 2.41. The van der Waals surface area contributed by atoms with E-state index in [4.69, 9.17) is 27.9 Å². The van der Waals surface area contributed by atoms with Gasteiger partial charge in [0.25, 0.3) is 0 Å². The van der Waals surface area contributed by atoms with E-state index in [1.807, 2.05) is 49.4 Å². The molecule has 0 amide bonds. The van der Waals surface area contributed by atoms with E-state index in [1.165, 1.54) is 0 Å². The Kier molecular flexibility index (Phi) is 6.48. The Labute approximate surface area is 124 Å². The summed E-state index contributed by atoms with van der Waals surface area (Å²) in [4.78, 5) is 0. The van der Waals surface area contributed by atoms with E-state index in [0.29, 0.717) is 10.0 Å². The Morgan fingerprint density at radius 3 is 2.47 bits per heavy atom. The molecule has 0 spiro atoms. The highest BCUT2D eigenvalue weighted by molar-refractivity contribution is 6.42. The van der Waals surface area contributed by atoms with Crippen molar-refractivity contribution in [3.05, 3.63) is 76.0 Å². The first kappa shape index (κ1) is 15.6. The fraction of sp³-hybridized carbons (Fsp3) is 0.125. The second-order valence-electron chi connectivity index (χ2n) is 3.81. The predicted octanol–water partition coefficient (Wildman–Crippen LogP) is 5.67. The molecule has 0 saturated carbocycles. The van der Waals surface area contributed by atoms with Gasteiger partial charge in [-0.3, -0.25) is 0 Å². The fourth-order valence-corrected chi connectivity index (χ4v) is 1.65. The maximum Gasteiger partial charge on any atom is 0.114 e. The van der Waals surface area contributed by atoms with Crippen LogP contribution in [0.1, 0.15) is 12.5 Å². The molecule has 0 aliphatic rings. The molecular weight excluding hydrogens is 279 g/mol. The van der Waals surface area contributed by atoms with E-state index in [2.05, 4.69) is 6.58 Å². The molecule has 0 unspecified atom stereocenters. The first-order chi connectivity index (χ1) is 9.06. The molecular formula is C16H16Cl2O. The van der Waals surface area contributed by atoms with Crippen molar-refractivity contribution < 1.29 is 4.74 Å². The molecule has 3 heteroatoms. The Morgan fingerprint density at radius 1 is 1.16 bits per heavy atom. The topological polar surface area (TPSA) is 9.23 Å². The molecule has 1 rings (SSSR count). The summed E-state index contributed by atoms with van der Waals surface area (Å²) in [5.41, 5.74) is 1.84. The summed E-state index contributed by atoms with van der Waals surface area (Å²) >= 11 is 11.8. The van der Waals surface area contributed by atoms with Crippen LogP contribution in [-0.2, 0) is 4.74 Å². The minimum atomic E-state index is 0.542. The first-order valence-electron chi connectivity index (χ1n) is 5.77. The summed E-state index contributed by atoms with van der Waals surface area (Å²) in [7, 11) is 1.63. The van der Waals surface area contributed by atoms with Crippen molar-refractivity contribution in [2.45, 2.75) is 6.92 Å². The number of ether oxygens (including phenoxy) is 1. The number of benzene rings is 1. The van der Waals surface area contributed by atoms with Crippen molar-refractivity contribution in [1.82, 2.24) is 0 Å². The molecule has 0 N–H and O–H groups in total. The van der Waals surface area contributed by atoms with E-state index < -0.39 is 0 Å². The lowest BCUT2D eigenvalue weighted by atomic mass is 10.1. The predicted molar refractivity (Wildman–Crippen MR) is 84.5 cm³/mol. The highest BCUT2D eigenvalue weighted by Crippen LogP contribution is 2.23. The van der Waals surface area contributed by atoms with Gasteiger partial charge in [-0.15, -0.1) is 0 Å². The molecule has 19 heavy (non-hydrogen) atoms. The number of hydrogen-bond acceptors (Lipinski definition) is 1. The van der Waals surface area contributed by atoms with E-state index >= 15 is 0 Å². The maximum absolute atomic E-state index is 5.94. The Balaban J connectivity index is 2.71. The minimum absolute atomic E-state index is 0.542. The lowest BCUT2D eigenvalue weighted by Crippen LogP contribution is -1.80. The van der Waals surface area contributed by atoms with Gasteiger partial charge in [0.2, 0.25) is 0 Å². The van der Waals surface area contributed by atoms with Crippen molar-refractivity contribution in [1.29, 1.82) is 0 Å². The van der Waals surface area contributed by atoms with E-state index in [0.717, 1.165) is 16.9 Å². The molecule has 0 aromatic heterocycles. The lowest BCUT2D eigenvalue weighted by molar-refractivity contribution is 0.306. The number of rotatable bonds is 5. The monoisotopic (exact) mass is 294 g/mol. The van der Waals surface area contributed by atoms with Crippen LogP contribution in [0.3, 0.4) is 0 Å². The third kappa shape index (κ3) is 5.37. The third-order valence-corrected chi connectivity index (χ3v) is 3.15. The van der Waals surface area contributed by atoms with Crippen molar-refractivity contribution in [3.8, 4) is 0 Å². The quantitative estimate of drug-likeness (QED) is 0.502. The number of hydrogen-bond donors (Lipinski definition) is 0. The van der Waals surface area contributed by atoms with Crippen molar-refractivity contribution >= 4 is 29.3 Å². The lowest BCUT2D eigenvalue weighted by Gasteiger charge is -1.99. The van der Waals surface area contributed by atoms with Crippen LogP contribution < -0.4 is 0 Å². The largest absolute Gasteiger partial charge is 0.497 e. The van der Waals surface area contributed by atoms with Crippen LogP contribution in [0.15, 0.2) is 60.4 Å². The molecule has 0 fully saturated rings. The van der Waals surface area contributed by atoms with Crippen LogP contribution in [0.5, 0.6) is 0 Å². The highest BCUT2D eigenvalue weighted by atomic mass is 35.5. The smallest absolute Gasteiger partial charge is 0.114 e. The van der Waals surface area contributed by atoms with Gasteiger partial charge in [-0.25, -0.2) is 0 Å². The fourth-order valence-electron chi connectivity index (χ4n) is 1.35. The molecule has 1 aromatic rings. The van der Waals surface area contributed by atoms with Crippen LogP contribution in [-0.4, -0.2) is 7.11 Å². The van der Waals surface area contributed by atoms with Gasteiger partial charge in [-0.1, -0.05) is 54.1 Å². The van der Waals surface area contributed by atoms with Crippen LogP contribution in [0, 0.1) is 0 Å². The Morgan fingerprint density at radius 2 is 1.89 bits per heavy atom. The van der Waals surface area contributed by atoms with Gasteiger partial charge < -0.3 is 4.74 Å². The standard InChI is InChI=1S/C16H16Cl2O/c1-4-14(19-3)9-6-12(2)5-7-13-8-10-15(17)16(18)11-13/h4-11H,2H2,1,3H3/b7-5+,9-6-,14-4+. The molecule has 0 bridgehead atoms. The molecule has 0 aliphatic carbocycles. The molecule has 0 saturated heterocycles. The van der Waals surface area contributed by atoms with Crippen LogP contribution in [0.25, 0.3) is 6.08 Å². The van der Waals surface area contributed by atoms with Crippen LogP contribution >= 0.6 is 23.2 Å². The Bertz CT molecular complexity index is 540. The maximum atomic E-state index is 5.94. The van der Waals surface area contributed by atoms with Crippen molar-refractivity contribution in [3.63, 3.8) is 0 Å². The van der Waals surface area contributed by atoms with E-state index in [1.54, 1.807) is 13.2 Å². The van der Waals surface area contributed by atoms with Crippen molar-refractivity contribution in [2.75, 3.05) is 7.11 Å². The second kappa shape index (κ2) is 7.88. The summed E-state index contributed by atoms with van der Waals surface area (Å²) in [6.07, 6.45) is 9.46. The zero-order chi connectivity index (χ0) is 14.3. The number of allylic oxidation sites excluding steroid dienone is 5. The van der Waals surface area contributed by atoms with Gasteiger partial charge in [0.15, 0.2) is 0 Å². The zero-order valence-electron chi connectivity index (χ0n) is 11.0. The molecule has 0 atom stereocenters. The normalized spacial score (nSPS) is 12.3. The van der Waals surface area contributed by atoms with E-state index in [-0.39, 0.29) is 0 Å². The minimum Gasteiger partial charge on any atom is -0.497 e.